The van der Waals surface area contributed by atoms with E-state index >= 15 is 0 Å². The number of nitrogens with zero attached hydrogens (tertiary/aromatic N) is 2. The lowest BCUT2D eigenvalue weighted by molar-refractivity contribution is -0.140. The highest BCUT2D eigenvalue weighted by Crippen LogP contribution is 2.27. The SMILES string of the molecule is CC(C)N1CCC(N2CC(CC(=O)O)C2)CC1. The van der Waals surface area contributed by atoms with E-state index in [-0.39, 0.29) is 0 Å². The highest BCUT2D eigenvalue weighted by atomic mass is 16.4. The lowest BCUT2D eigenvalue weighted by atomic mass is 9.91. The molecule has 0 aliphatic carbocycles. The van der Waals surface area contributed by atoms with Crippen molar-refractivity contribution in [2.24, 2.45) is 5.92 Å². The van der Waals surface area contributed by atoms with Crippen LogP contribution in [0.3, 0.4) is 0 Å². The second-order valence-electron chi connectivity index (χ2n) is 5.78. The Morgan fingerprint density at radius 2 is 1.88 bits per heavy atom. The van der Waals surface area contributed by atoms with Crippen LogP contribution in [0.4, 0.5) is 0 Å². The highest BCUT2D eigenvalue weighted by molar-refractivity contribution is 5.67. The Bertz CT molecular complexity index is 267. The number of likely N-dealkylation sites (tertiary alicyclic amines) is 2. The van der Waals surface area contributed by atoms with Crippen molar-refractivity contribution in [3.63, 3.8) is 0 Å². The Morgan fingerprint density at radius 3 is 2.35 bits per heavy atom. The highest BCUT2D eigenvalue weighted by Gasteiger charge is 2.35. The molecular weight excluding hydrogens is 216 g/mol. The topological polar surface area (TPSA) is 43.8 Å². The lowest BCUT2D eigenvalue weighted by Crippen LogP contribution is -2.56. The first-order chi connectivity index (χ1) is 8.06. The van der Waals surface area contributed by atoms with Crippen LogP contribution in [0, 0.1) is 5.92 Å². The van der Waals surface area contributed by atoms with E-state index in [1.165, 1.54) is 25.9 Å². The van der Waals surface area contributed by atoms with Gasteiger partial charge in [-0.2, -0.15) is 0 Å². The molecule has 0 aromatic carbocycles. The van der Waals surface area contributed by atoms with E-state index in [2.05, 4.69) is 23.6 Å². The summed E-state index contributed by atoms with van der Waals surface area (Å²) in [6.07, 6.45) is 2.84. The van der Waals surface area contributed by atoms with Gasteiger partial charge in [-0.05, 0) is 45.7 Å². The average Bonchev–Trinajstić information content (AvgIpc) is 2.23. The predicted molar refractivity (Wildman–Crippen MR) is 67.0 cm³/mol. The second kappa shape index (κ2) is 5.36. The average molecular weight is 240 g/mol. The molecule has 2 aliphatic rings. The largest absolute Gasteiger partial charge is 0.481 e. The summed E-state index contributed by atoms with van der Waals surface area (Å²) in [5.41, 5.74) is 0. The molecule has 2 aliphatic heterocycles. The van der Waals surface area contributed by atoms with Crippen LogP contribution < -0.4 is 0 Å². The molecule has 2 rings (SSSR count). The zero-order chi connectivity index (χ0) is 12.4. The van der Waals surface area contributed by atoms with Gasteiger partial charge in [0.1, 0.15) is 0 Å². The van der Waals surface area contributed by atoms with Gasteiger partial charge in [0.05, 0.1) is 6.42 Å². The maximum Gasteiger partial charge on any atom is 0.303 e. The van der Waals surface area contributed by atoms with E-state index in [0.717, 1.165) is 13.1 Å². The van der Waals surface area contributed by atoms with Gasteiger partial charge in [-0.25, -0.2) is 0 Å². The normalized spacial score (nSPS) is 25.1. The molecule has 98 valence electrons. The molecule has 0 amide bonds. The van der Waals surface area contributed by atoms with Crippen molar-refractivity contribution >= 4 is 5.97 Å². The van der Waals surface area contributed by atoms with Crippen LogP contribution in [0.25, 0.3) is 0 Å². The fourth-order valence-electron chi connectivity index (χ4n) is 3.05. The van der Waals surface area contributed by atoms with Crippen molar-refractivity contribution in [2.45, 2.75) is 45.2 Å². The zero-order valence-electron chi connectivity index (χ0n) is 10.9. The number of carbonyl (C=O) groups is 1. The maximum atomic E-state index is 10.6. The van der Waals surface area contributed by atoms with Crippen molar-refractivity contribution in [1.82, 2.24) is 9.80 Å². The number of piperidine rings is 1. The van der Waals surface area contributed by atoms with Gasteiger partial charge < -0.3 is 10.0 Å². The number of hydrogen-bond acceptors (Lipinski definition) is 3. The van der Waals surface area contributed by atoms with E-state index in [1.54, 1.807) is 0 Å². The first kappa shape index (κ1) is 12.8. The summed E-state index contributed by atoms with van der Waals surface area (Å²) < 4.78 is 0. The predicted octanol–water partition coefficient (Wildman–Crippen LogP) is 1.27. The van der Waals surface area contributed by atoms with Crippen LogP contribution in [-0.4, -0.2) is 59.1 Å². The van der Waals surface area contributed by atoms with Crippen LogP contribution in [-0.2, 0) is 4.79 Å². The molecule has 0 radical (unpaired) electrons. The quantitative estimate of drug-likeness (QED) is 0.803. The third kappa shape index (κ3) is 3.19. The monoisotopic (exact) mass is 240 g/mol. The molecule has 4 nitrogen and oxygen atoms in total. The fraction of sp³-hybridized carbons (Fsp3) is 0.923. The van der Waals surface area contributed by atoms with Crippen LogP contribution in [0.5, 0.6) is 0 Å². The van der Waals surface area contributed by atoms with Crippen molar-refractivity contribution < 1.29 is 9.90 Å². The maximum absolute atomic E-state index is 10.6. The lowest BCUT2D eigenvalue weighted by Gasteiger charge is -2.47. The summed E-state index contributed by atoms with van der Waals surface area (Å²) >= 11 is 0. The summed E-state index contributed by atoms with van der Waals surface area (Å²) in [5, 5.41) is 8.72. The van der Waals surface area contributed by atoms with Crippen molar-refractivity contribution in [2.75, 3.05) is 26.2 Å². The molecule has 0 atom stereocenters. The standard InChI is InChI=1S/C13H24N2O2/c1-10(2)14-5-3-12(4-6-14)15-8-11(9-15)7-13(16)17/h10-12H,3-9H2,1-2H3,(H,16,17). The fourth-order valence-corrected chi connectivity index (χ4v) is 3.05. The zero-order valence-corrected chi connectivity index (χ0v) is 10.9. The van der Waals surface area contributed by atoms with Gasteiger partial charge in [-0.3, -0.25) is 9.69 Å². The Hall–Kier alpha value is -0.610. The number of hydrogen-bond donors (Lipinski definition) is 1. The van der Waals surface area contributed by atoms with Gasteiger partial charge in [0.15, 0.2) is 0 Å². The first-order valence-corrected chi connectivity index (χ1v) is 6.76. The van der Waals surface area contributed by atoms with Crippen LogP contribution in [0.15, 0.2) is 0 Å². The summed E-state index contributed by atoms with van der Waals surface area (Å²) in [6, 6.07) is 1.36. The van der Waals surface area contributed by atoms with Crippen LogP contribution in [0.2, 0.25) is 0 Å². The summed E-state index contributed by atoms with van der Waals surface area (Å²) in [4.78, 5) is 15.6. The van der Waals surface area contributed by atoms with Gasteiger partial charge in [0.2, 0.25) is 0 Å². The molecule has 4 heteroatoms. The van der Waals surface area contributed by atoms with Crippen LogP contribution >= 0.6 is 0 Å². The summed E-state index contributed by atoms with van der Waals surface area (Å²) in [7, 11) is 0. The van der Waals surface area contributed by atoms with Crippen LogP contribution in [0.1, 0.15) is 33.1 Å². The van der Waals surface area contributed by atoms with E-state index in [0.29, 0.717) is 24.4 Å². The Kier molecular flexibility index (Phi) is 4.05. The number of carboxylic acid groups (broad SMARTS) is 1. The number of carboxylic acids is 1. The molecule has 17 heavy (non-hydrogen) atoms. The van der Waals surface area contributed by atoms with Gasteiger partial charge in [-0.15, -0.1) is 0 Å². The van der Waals surface area contributed by atoms with Crippen molar-refractivity contribution in [3.05, 3.63) is 0 Å². The van der Waals surface area contributed by atoms with Gasteiger partial charge in [-0.1, -0.05) is 0 Å². The minimum atomic E-state index is -0.649. The molecule has 0 aromatic heterocycles. The molecule has 0 spiro atoms. The number of aliphatic carboxylic acids is 1. The molecule has 2 saturated heterocycles. The van der Waals surface area contributed by atoms with E-state index < -0.39 is 5.97 Å². The third-order valence-corrected chi connectivity index (χ3v) is 4.19. The van der Waals surface area contributed by atoms with E-state index in [9.17, 15) is 4.79 Å². The summed E-state index contributed by atoms with van der Waals surface area (Å²) in [6.45, 7) is 8.90. The van der Waals surface area contributed by atoms with Crippen molar-refractivity contribution in [3.8, 4) is 0 Å². The van der Waals surface area contributed by atoms with Gasteiger partial charge >= 0.3 is 5.97 Å². The molecule has 2 fully saturated rings. The van der Waals surface area contributed by atoms with Gasteiger partial charge in [0.25, 0.3) is 0 Å². The molecule has 1 N–H and O–H groups in total. The Labute approximate surface area is 104 Å². The summed E-state index contributed by atoms with van der Waals surface area (Å²) in [5.74, 6) is -0.250. The Balaban J connectivity index is 1.68. The molecule has 0 bridgehead atoms. The minimum absolute atomic E-state index is 0.349. The molecule has 0 aromatic rings. The molecular formula is C13H24N2O2. The van der Waals surface area contributed by atoms with Gasteiger partial charge in [0, 0.05) is 25.2 Å². The first-order valence-electron chi connectivity index (χ1n) is 6.76. The smallest absolute Gasteiger partial charge is 0.303 e. The third-order valence-electron chi connectivity index (χ3n) is 4.19. The van der Waals surface area contributed by atoms with E-state index in [4.69, 9.17) is 5.11 Å². The molecule has 2 heterocycles. The van der Waals surface area contributed by atoms with E-state index in [1.807, 2.05) is 0 Å². The molecule has 0 unspecified atom stereocenters. The Morgan fingerprint density at radius 1 is 1.29 bits per heavy atom. The second-order valence-corrected chi connectivity index (χ2v) is 5.78. The number of rotatable bonds is 4. The minimum Gasteiger partial charge on any atom is -0.481 e. The molecule has 0 saturated carbocycles. The van der Waals surface area contributed by atoms with Crippen molar-refractivity contribution in [1.29, 1.82) is 0 Å².